The topological polar surface area (TPSA) is 60.5 Å². The van der Waals surface area contributed by atoms with E-state index in [0.717, 1.165) is 11.3 Å². The van der Waals surface area contributed by atoms with Gasteiger partial charge < -0.3 is 14.8 Å². The van der Waals surface area contributed by atoms with Crippen LogP contribution in [0.25, 0.3) is 0 Å². The number of aromatic nitrogens is 1. The molecule has 1 amide bonds. The van der Waals surface area contributed by atoms with Crippen molar-refractivity contribution in [3.63, 3.8) is 0 Å². The van der Waals surface area contributed by atoms with Crippen molar-refractivity contribution < 1.29 is 14.3 Å². The van der Waals surface area contributed by atoms with E-state index in [9.17, 15) is 4.79 Å². The van der Waals surface area contributed by atoms with Gasteiger partial charge in [0.1, 0.15) is 17.2 Å². The number of para-hydroxylation sites is 1. The van der Waals surface area contributed by atoms with Gasteiger partial charge in [0.25, 0.3) is 0 Å². The van der Waals surface area contributed by atoms with Crippen molar-refractivity contribution in [2.24, 2.45) is 0 Å². The molecule has 1 N–H and O–H groups in total. The lowest BCUT2D eigenvalue weighted by Crippen LogP contribution is -2.15. The van der Waals surface area contributed by atoms with Crippen molar-refractivity contribution in [3.8, 4) is 17.4 Å². The highest BCUT2D eigenvalue weighted by Crippen LogP contribution is 2.26. The highest BCUT2D eigenvalue weighted by molar-refractivity contribution is 5.93. The molecule has 0 unspecified atom stereocenters. The summed E-state index contributed by atoms with van der Waals surface area (Å²) in [6.45, 7) is 0. The van der Waals surface area contributed by atoms with E-state index in [2.05, 4.69) is 10.3 Å². The molecule has 0 atom stereocenters. The van der Waals surface area contributed by atoms with Crippen LogP contribution in [0.3, 0.4) is 0 Å². The second kappa shape index (κ2) is 7.97. The predicted molar refractivity (Wildman–Crippen MR) is 96.1 cm³/mol. The van der Waals surface area contributed by atoms with Gasteiger partial charge in [-0.1, -0.05) is 30.3 Å². The highest BCUT2D eigenvalue weighted by Gasteiger charge is 2.10. The maximum atomic E-state index is 12.3. The van der Waals surface area contributed by atoms with Gasteiger partial charge in [-0.05, 0) is 42.0 Å². The summed E-state index contributed by atoms with van der Waals surface area (Å²) in [5, 5.41) is 2.85. The van der Waals surface area contributed by atoms with Crippen molar-refractivity contribution >= 4 is 11.6 Å². The molecule has 0 saturated heterocycles. The molecule has 0 aliphatic rings. The molecular formula is C20H18N2O3. The normalized spacial score (nSPS) is 10.1. The Morgan fingerprint density at radius 3 is 2.44 bits per heavy atom. The maximum Gasteiger partial charge on any atom is 0.243 e. The third kappa shape index (κ3) is 4.57. The summed E-state index contributed by atoms with van der Waals surface area (Å²) in [6, 6.07) is 20.2. The van der Waals surface area contributed by atoms with Gasteiger partial charge in [0.15, 0.2) is 0 Å². The number of hydrogen-bond acceptors (Lipinski definition) is 4. The molecular weight excluding hydrogens is 316 g/mol. The molecule has 25 heavy (non-hydrogen) atoms. The van der Waals surface area contributed by atoms with E-state index in [1.165, 1.54) is 0 Å². The smallest absolute Gasteiger partial charge is 0.243 e. The van der Waals surface area contributed by atoms with Crippen LogP contribution in [0.1, 0.15) is 5.56 Å². The standard InChI is InChI=1S/C20H18N2O3/c1-24-16-11-9-15(10-12-16)14-19(23)22-18-8-5-13-21-20(18)25-17-6-3-2-4-7-17/h2-13H,14H2,1H3,(H,22,23). The van der Waals surface area contributed by atoms with Crippen molar-refractivity contribution in [3.05, 3.63) is 78.5 Å². The Labute approximate surface area is 146 Å². The summed E-state index contributed by atoms with van der Waals surface area (Å²) in [5.74, 6) is 1.63. The molecule has 3 rings (SSSR count). The van der Waals surface area contributed by atoms with Gasteiger partial charge in [0, 0.05) is 6.20 Å². The Morgan fingerprint density at radius 1 is 0.960 bits per heavy atom. The summed E-state index contributed by atoms with van der Waals surface area (Å²) < 4.78 is 10.9. The number of benzene rings is 2. The van der Waals surface area contributed by atoms with E-state index in [4.69, 9.17) is 9.47 Å². The van der Waals surface area contributed by atoms with Gasteiger partial charge in [0.2, 0.25) is 11.8 Å². The zero-order valence-electron chi connectivity index (χ0n) is 13.8. The van der Waals surface area contributed by atoms with Gasteiger partial charge in [-0.2, -0.15) is 0 Å². The third-order valence-corrected chi connectivity index (χ3v) is 3.53. The molecule has 5 nitrogen and oxygen atoms in total. The molecule has 0 aliphatic heterocycles. The second-order valence-electron chi connectivity index (χ2n) is 5.34. The molecule has 2 aromatic carbocycles. The van der Waals surface area contributed by atoms with Crippen LogP contribution >= 0.6 is 0 Å². The summed E-state index contributed by atoms with van der Waals surface area (Å²) in [5.41, 5.74) is 1.43. The fraction of sp³-hybridized carbons (Fsp3) is 0.100. The molecule has 126 valence electrons. The minimum atomic E-state index is -0.143. The zero-order chi connectivity index (χ0) is 17.5. The monoisotopic (exact) mass is 334 g/mol. The van der Waals surface area contributed by atoms with Gasteiger partial charge >= 0.3 is 0 Å². The van der Waals surface area contributed by atoms with E-state index < -0.39 is 0 Å². The number of pyridine rings is 1. The SMILES string of the molecule is COc1ccc(CC(=O)Nc2cccnc2Oc2ccccc2)cc1. The fourth-order valence-corrected chi connectivity index (χ4v) is 2.29. The van der Waals surface area contributed by atoms with Crippen LogP contribution in [0.5, 0.6) is 17.4 Å². The Morgan fingerprint density at radius 2 is 1.72 bits per heavy atom. The first-order valence-electron chi connectivity index (χ1n) is 7.85. The highest BCUT2D eigenvalue weighted by atomic mass is 16.5. The second-order valence-corrected chi connectivity index (χ2v) is 5.34. The predicted octanol–water partition coefficient (Wildman–Crippen LogP) is 4.06. The minimum Gasteiger partial charge on any atom is -0.497 e. The molecule has 5 heteroatoms. The first-order valence-corrected chi connectivity index (χ1v) is 7.85. The molecule has 1 aromatic heterocycles. The quantitative estimate of drug-likeness (QED) is 0.738. The van der Waals surface area contributed by atoms with Gasteiger partial charge in [0.05, 0.1) is 13.5 Å². The summed E-state index contributed by atoms with van der Waals surface area (Å²) >= 11 is 0. The van der Waals surface area contributed by atoms with Crippen LogP contribution in [0, 0.1) is 0 Å². The molecule has 0 fully saturated rings. The van der Waals surface area contributed by atoms with Crippen molar-refractivity contribution in [1.82, 2.24) is 4.98 Å². The van der Waals surface area contributed by atoms with Crippen LogP contribution in [0.4, 0.5) is 5.69 Å². The number of nitrogens with zero attached hydrogens (tertiary/aromatic N) is 1. The van der Waals surface area contributed by atoms with E-state index in [1.54, 1.807) is 25.4 Å². The number of rotatable bonds is 6. The van der Waals surface area contributed by atoms with E-state index in [-0.39, 0.29) is 12.3 Å². The largest absolute Gasteiger partial charge is 0.497 e. The lowest BCUT2D eigenvalue weighted by Gasteiger charge is -2.11. The number of carbonyl (C=O) groups is 1. The number of hydrogen-bond donors (Lipinski definition) is 1. The lowest BCUT2D eigenvalue weighted by molar-refractivity contribution is -0.115. The number of carbonyl (C=O) groups excluding carboxylic acids is 1. The summed E-state index contributed by atoms with van der Waals surface area (Å²) in [4.78, 5) is 16.5. The molecule has 0 spiro atoms. The number of nitrogens with one attached hydrogen (secondary N) is 1. The maximum absolute atomic E-state index is 12.3. The van der Waals surface area contributed by atoms with Gasteiger partial charge in [-0.3, -0.25) is 4.79 Å². The Bertz CT molecular complexity index is 833. The van der Waals surface area contributed by atoms with Crippen molar-refractivity contribution in [2.75, 3.05) is 12.4 Å². The average molecular weight is 334 g/mol. The van der Waals surface area contributed by atoms with Gasteiger partial charge in [-0.25, -0.2) is 4.98 Å². The number of methoxy groups -OCH3 is 1. The van der Waals surface area contributed by atoms with Crippen LogP contribution in [0.15, 0.2) is 72.9 Å². The average Bonchev–Trinajstić information content (AvgIpc) is 2.65. The van der Waals surface area contributed by atoms with E-state index >= 15 is 0 Å². The number of amides is 1. The Balaban J connectivity index is 1.68. The Kier molecular flexibility index (Phi) is 5.26. The number of anilines is 1. The van der Waals surface area contributed by atoms with Crippen LogP contribution < -0.4 is 14.8 Å². The molecule has 0 aliphatic carbocycles. The Hall–Kier alpha value is -3.34. The van der Waals surface area contributed by atoms with Crippen molar-refractivity contribution in [2.45, 2.75) is 6.42 Å². The minimum absolute atomic E-state index is 0.143. The molecule has 0 bridgehead atoms. The lowest BCUT2D eigenvalue weighted by atomic mass is 10.1. The molecule has 1 heterocycles. The fourth-order valence-electron chi connectivity index (χ4n) is 2.29. The zero-order valence-corrected chi connectivity index (χ0v) is 13.8. The number of ether oxygens (including phenoxy) is 2. The molecule has 0 saturated carbocycles. The van der Waals surface area contributed by atoms with Crippen LogP contribution in [-0.2, 0) is 11.2 Å². The summed E-state index contributed by atoms with van der Waals surface area (Å²) in [7, 11) is 1.61. The van der Waals surface area contributed by atoms with E-state index in [1.807, 2.05) is 54.6 Å². The first kappa shape index (κ1) is 16.5. The van der Waals surface area contributed by atoms with Gasteiger partial charge in [-0.15, -0.1) is 0 Å². The third-order valence-electron chi connectivity index (χ3n) is 3.53. The van der Waals surface area contributed by atoms with Crippen LogP contribution in [0.2, 0.25) is 0 Å². The van der Waals surface area contributed by atoms with Crippen LogP contribution in [-0.4, -0.2) is 18.0 Å². The first-order chi connectivity index (χ1) is 12.2. The molecule has 3 aromatic rings. The summed E-state index contributed by atoms with van der Waals surface area (Å²) in [6.07, 6.45) is 1.88. The molecule has 0 radical (unpaired) electrons. The van der Waals surface area contributed by atoms with E-state index in [0.29, 0.717) is 17.3 Å². The van der Waals surface area contributed by atoms with Crippen molar-refractivity contribution in [1.29, 1.82) is 0 Å².